The van der Waals surface area contributed by atoms with Crippen LogP contribution in [0.1, 0.15) is 103 Å². The quantitative estimate of drug-likeness (QED) is 0.283. The van der Waals surface area contributed by atoms with Crippen LogP contribution in [0.5, 0.6) is 0 Å². The molecule has 0 nitrogen and oxygen atoms in total. The summed E-state index contributed by atoms with van der Waals surface area (Å²) in [6.07, 6.45) is 7.73. The van der Waals surface area contributed by atoms with Crippen LogP contribution in [-0.4, -0.2) is 3.21 Å². The molecule has 0 amide bonds. The molecule has 218 valence electrons. The van der Waals surface area contributed by atoms with Crippen molar-refractivity contribution in [3.8, 4) is 11.1 Å². The van der Waals surface area contributed by atoms with Crippen molar-refractivity contribution in [2.45, 2.75) is 92.9 Å². The third kappa shape index (κ3) is 10.3. The van der Waals surface area contributed by atoms with Crippen molar-refractivity contribution >= 4 is 3.21 Å². The second kappa shape index (κ2) is 15.8. The third-order valence-electron chi connectivity index (χ3n) is 7.54. The Balaban J connectivity index is 0.000000352. The predicted molar refractivity (Wildman–Crippen MR) is 167 cm³/mol. The van der Waals surface area contributed by atoms with E-state index in [1.54, 1.807) is 3.21 Å². The molecule has 0 aliphatic heterocycles. The number of hydrogen-bond acceptors (Lipinski definition) is 0. The molecule has 0 aromatic heterocycles. The first-order valence-electron chi connectivity index (χ1n) is 14.3. The molecule has 5 rings (SSSR count). The van der Waals surface area contributed by atoms with Crippen molar-refractivity contribution < 1.29 is 49.0 Å². The summed E-state index contributed by atoms with van der Waals surface area (Å²) in [5.41, 5.74) is 12.9. The summed E-state index contributed by atoms with van der Waals surface area (Å²) in [7, 11) is 0. The number of rotatable bonds is 2. The first-order chi connectivity index (χ1) is 18.2. The predicted octanol–water partition coefficient (Wildman–Crippen LogP) is 4.16. The van der Waals surface area contributed by atoms with Crippen LogP contribution in [0.25, 0.3) is 11.1 Å². The van der Waals surface area contributed by atoms with E-state index < -0.39 is 0 Å². The van der Waals surface area contributed by atoms with Crippen LogP contribution in [0.2, 0.25) is 0 Å². The average molecular weight is 665 g/mol. The molecular weight excluding hydrogens is 619 g/mol. The number of allylic oxidation sites excluding steroid dienone is 4. The van der Waals surface area contributed by atoms with E-state index in [2.05, 4.69) is 148 Å². The summed E-state index contributed by atoms with van der Waals surface area (Å²) in [6.45, 7) is 22.2. The van der Waals surface area contributed by atoms with Crippen LogP contribution < -0.4 is 24.8 Å². The SMILES string of the molecule is CC(C)(C)c1c[c-]c2c(c1)-c1cc(C(C)(C)C)ccc1C2.CC1=[C-]C(C)C=C1C.CC[C](=[Zr+2])c1ccccc1.[Cl-].[Cl-]. The van der Waals surface area contributed by atoms with Gasteiger partial charge in [0.05, 0.1) is 0 Å². The molecule has 1 atom stereocenters. The Morgan fingerprint density at radius 3 is 1.90 bits per heavy atom. The fourth-order valence-electron chi connectivity index (χ4n) is 4.83. The normalized spacial score (nSPS) is 14.9. The Labute approximate surface area is 278 Å². The largest absolute Gasteiger partial charge is 1.00 e. The van der Waals surface area contributed by atoms with Crippen LogP contribution >= 0.6 is 0 Å². The van der Waals surface area contributed by atoms with Crippen LogP contribution in [-0.2, 0) is 41.5 Å². The maximum Gasteiger partial charge on any atom is -1.00 e. The zero-order chi connectivity index (χ0) is 29.0. The van der Waals surface area contributed by atoms with Gasteiger partial charge in [-0.2, -0.15) is 35.4 Å². The van der Waals surface area contributed by atoms with Gasteiger partial charge in [-0.3, -0.25) is 6.08 Å². The third-order valence-corrected chi connectivity index (χ3v) is 9.12. The number of hydrogen-bond donors (Lipinski definition) is 0. The summed E-state index contributed by atoms with van der Waals surface area (Å²) in [6, 6.07) is 25.7. The maximum atomic E-state index is 3.53. The minimum absolute atomic E-state index is 0. The molecule has 0 fully saturated rings. The topological polar surface area (TPSA) is 0 Å². The van der Waals surface area contributed by atoms with E-state index in [4.69, 9.17) is 0 Å². The first-order valence-corrected chi connectivity index (χ1v) is 15.5. The van der Waals surface area contributed by atoms with E-state index in [1.165, 1.54) is 80.7 Å². The smallest absolute Gasteiger partial charge is 1.00 e. The van der Waals surface area contributed by atoms with E-state index in [0.29, 0.717) is 5.92 Å². The molecule has 2 aliphatic carbocycles. The summed E-state index contributed by atoms with van der Waals surface area (Å²) in [5.74, 6) is 0.551. The van der Waals surface area contributed by atoms with Gasteiger partial charge in [-0.1, -0.05) is 96.0 Å². The van der Waals surface area contributed by atoms with Crippen LogP contribution in [0.15, 0.2) is 77.9 Å². The maximum absolute atomic E-state index is 3.53. The average Bonchev–Trinajstić information content (AvgIpc) is 3.40. The molecule has 0 bridgehead atoms. The zero-order valence-electron chi connectivity index (χ0n) is 26.6. The summed E-state index contributed by atoms with van der Waals surface area (Å²) in [5, 5.41) is 0. The van der Waals surface area contributed by atoms with Crippen molar-refractivity contribution in [2.75, 3.05) is 0 Å². The molecule has 0 saturated carbocycles. The molecule has 3 aromatic carbocycles. The fraction of sp³-hybridized carbons (Fsp3) is 0.395. The van der Waals surface area contributed by atoms with Gasteiger partial charge in [0.1, 0.15) is 0 Å². The van der Waals surface area contributed by atoms with Gasteiger partial charge in [-0.25, -0.2) is 11.1 Å². The summed E-state index contributed by atoms with van der Waals surface area (Å²) >= 11 is 1.54. The van der Waals surface area contributed by atoms with Gasteiger partial charge in [0, 0.05) is 0 Å². The van der Waals surface area contributed by atoms with Gasteiger partial charge in [-0.05, 0) is 17.4 Å². The van der Waals surface area contributed by atoms with Crippen LogP contribution in [0.4, 0.5) is 0 Å². The minimum Gasteiger partial charge on any atom is -1.00 e. The molecule has 0 heterocycles. The Morgan fingerprint density at radius 2 is 1.44 bits per heavy atom. The van der Waals surface area contributed by atoms with Crippen molar-refractivity contribution in [2.24, 2.45) is 5.92 Å². The number of benzene rings is 3. The first kappa shape index (κ1) is 37.5. The van der Waals surface area contributed by atoms with E-state index in [1.807, 2.05) is 0 Å². The van der Waals surface area contributed by atoms with Crippen molar-refractivity contribution in [3.05, 3.63) is 118 Å². The van der Waals surface area contributed by atoms with Gasteiger partial charge in [0.2, 0.25) is 0 Å². The van der Waals surface area contributed by atoms with Gasteiger partial charge < -0.3 is 24.8 Å². The molecule has 0 spiro atoms. The van der Waals surface area contributed by atoms with Gasteiger partial charge >= 0.3 is 76.7 Å². The van der Waals surface area contributed by atoms with Crippen molar-refractivity contribution in [1.29, 1.82) is 0 Å². The van der Waals surface area contributed by atoms with Crippen molar-refractivity contribution in [1.82, 2.24) is 0 Å². The van der Waals surface area contributed by atoms with E-state index in [9.17, 15) is 0 Å². The summed E-state index contributed by atoms with van der Waals surface area (Å²) in [4.78, 5) is 0. The zero-order valence-corrected chi connectivity index (χ0v) is 30.6. The number of halogens is 2. The van der Waals surface area contributed by atoms with Crippen LogP contribution in [0.3, 0.4) is 0 Å². The summed E-state index contributed by atoms with van der Waals surface area (Å²) < 4.78 is 1.55. The number of fused-ring (bicyclic) bond motifs is 3. The molecule has 41 heavy (non-hydrogen) atoms. The Kier molecular flexibility index (Phi) is 14.5. The minimum atomic E-state index is 0. The molecule has 1 unspecified atom stereocenters. The Hall–Kier alpha value is -1.53. The van der Waals surface area contributed by atoms with E-state index in [-0.39, 0.29) is 35.6 Å². The molecule has 0 N–H and O–H groups in total. The van der Waals surface area contributed by atoms with Gasteiger partial charge in [0.25, 0.3) is 0 Å². The molecule has 3 heteroatoms. The molecule has 2 aliphatic rings. The Bertz CT molecular complexity index is 1290. The second-order valence-electron chi connectivity index (χ2n) is 12.9. The standard InChI is InChI=1S/C21H25.C9H10.C8H11.2ClH.Zr/c1-20(2,3)16-9-7-14-11-15-8-10-17(21(4,5)6)13-19(15)18(14)12-16;1-2-6-9-7-4-3-5-8-9;1-6-4-7(2)8(3)5-6;;;/h7,9-10,12-13H,11H2,1-6H3;3-5,7-8H,2H2,1H3;4,6H,1-3H3;2*1H;/q-1;;-1;;;+2/p-2. The van der Waals surface area contributed by atoms with E-state index in [0.717, 1.165) is 6.42 Å². The second-order valence-corrected chi connectivity index (χ2v) is 14.4. The van der Waals surface area contributed by atoms with Crippen molar-refractivity contribution in [3.63, 3.8) is 0 Å². The fourth-order valence-corrected chi connectivity index (χ4v) is 5.23. The Morgan fingerprint density at radius 1 is 0.854 bits per heavy atom. The molecular formula is C38H46Cl2Zr-2. The van der Waals surface area contributed by atoms with E-state index >= 15 is 0 Å². The van der Waals surface area contributed by atoms with Crippen LogP contribution in [0, 0.1) is 18.1 Å². The molecule has 0 saturated heterocycles. The van der Waals surface area contributed by atoms with Gasteiger partial charge in [0.15, 0.2) is 0 Å². The molecule has 3 aromatic rings. The monoisotopic (exact) mass is 662 g/mol. The molecule has 0 radical (unpaired) electrons. The van der Waals surface area contributed by atoms with Gasteiger partial charge in [-0.15, -0.1) is 12.5 Å².